The first-order valence-electron chi connectivity index (χ1n) is 15.2. The second kappa shape index (κ2) is 21.7. The molecular formula is C29H54N6O8S. The summed E-state index contributed by atoms with van der Waals surface area (Å²) in [5.74, 6) is -3.31. The van der Waals surface area contributed by atoms with Crippen LogP contribution in [0.25, 0.3) is 0 Å². The van der Waals surface area contributed by atoms with Crippen LogP contribution in [0.15, 0.2) is 0 Å². The summed E-state index contributed by atoms with van der Waals surface area (Å²) in [6.45, 7) is 9.41. The van der Waals surface area contributed by atoms with Gasteiger partial charge in [0.15, 0.2) is 0 Å². The molecule has 9 N–H and O–H groups in total. The Morgan fingerprint density at radius 1 is 0.909 bits per heavy atom. The molecule has 5 unspecified atom stereocenters. The average molecular weight is 647 g/mol. The molecule has 0 saturated carbocycles. The van der Waals surface area contributed by atoms with Gasteiger partial charge in [0.25, 0.3) is 5.97 Å². The molecule has 15 heteroatoms. The minimum Gasteiger partial charge on any atom is -0.481 e. The average Bonchev–Trinajstić information content (AvgIpc) is 3.43. The predicted molar refractivity (Wildman–Crippen MR) is 170 cm³/mol. The fourth-order valence-electron chi connectivity index (χ4n) is 4.55. The van der Waals surface area contributed by atoms with Crippen molar-refractivity contribution in [2.75, 3.05) is 25.1 Å². The maximum absolute atomic E-state index is 13.4. The number of nitrogens with two attached hydrogens (primary N) is 2. The minimum absolute atomic E-state index is 0.0269. The van der Waals surface area contributed by atoms with E-state index in [0.717, 1.165) is 6.92 Å². The molecular weight excluding hydrogens is 592 g/mol. The Hall–Kier alpha value is -2.91. The van der Waals surface area contributed by atoms with Gasteiger partial charge in [0.2, 0.25) is 23.6 Å². The van der Waals surface area contributed by atoms with Crippen molar-refractivity contribution in [2.45, 2.75) is 110 Å². The third-order valence-electron chi connectivity index (χ3n) is 6.99. The van der Waals surface area contributed by atoms with Crippen LogP contribution in [0.3, 0.4) is 0 Å². The van der Waals surface area contributed by atoms with Gasteiger partial charge < -0.3 is 42.5 Å². The Morgan fingerprint density at radius 2 is 1.48 bits per heavy atom. The van der Waals surface area contributed by atoms with Gasteiger partial charge >= 0.3 is 5.97 Å². The molecule has 0 aliphatic carbocycles. The van der Waals surface area contributed by atoms with Crippen LogP contribution in [0, 0.1) is 11.8 Å². The topological polar surface area (TPSA) is 234 Å². The van der Waals surface area contributed by atoms with E-state index < -0.39 is 59.9 Å². The highest BCUT2D eigenvalue weighted by molar-refractivity contribution is 7.98. The molecule has 254 valence electrons. The minimum atomic E-state index is -1.15. The van der Waals surface area contributed by atoms with Crippen LogP contribution in [0.5, 0.6) is 0 Å². The third kappa shape index (κ3) is 15.7. The molecule has 0 radical (unpaired) electrons. The van der Waals surface area contributed by atoms with E-state index in [1.165, 1.54) is 16.7 Å². The van der Waals surface area contributed by atoms with Gasteiger partial charge in [0, 0.05) is 13.5 Å². The van der Waals surface area contributed by atoms with E-state index in [9.17, 15) is 29.1 Å². The van der Waals surface area contributed by atoms with Crippen molar-refractivity contribution in [3.63, 3.8) is 0 Å². The van der Waals surface area contributed by atoms with Crippen molar-refractivity contribution in [1.29, 1.82) is 0 Å². The molecule has 14 nitrogen and oxygen atoms in total. The molecule has 4 amide bonds. The molecule has 1 heterocycles. The highest BCUT2D eigenvalue weighted by Gasteiger charge is 2.38. The summed E-state index contributed by atoms with van der Waals surface area (Å²) < 4.78 is 0. The quantitative estimate of drug-likeness (QED) is 0.101. The van der Waals surface area contributed by atoms with Gasteiger partial charge in [0.1, 0.15) is 24.2 Å². The lowest BCUT2D eigenvalue weighted by molar-refractivity contribution is -0.142. The Kier molecular flexibility index (Phi) is 20.3. The molecule has 0 spiro atoms. The van der Waals surface area contributed by atoms with E-state index in [-0.39, 0.29) is 30.6 Å². The molecule has 44 heavy (non-hydrogen) atoms. The number of carboxylic acids is 2. The Balaban J connectivity index is 0.00000433. The fourth-order valence-corrected chi connectivity index (χ4v) is 5.02. The molecule has 1 saturated heterocycles. The van der Waals surface area contributed by atoms with Gasteiger partial charge in [0.05, 0.1) is 6.04 Å². The van der Waals surface area contributed by atoms with Gasteiger partial charge in [-0.3, -0.25) is 24.0 Å². The van der Waals surface area contributed by atoms with Gasteiger partial charge in [-0.1, -0.05) is 27.7 Å². The number of rotatable bonds is 18. The van der Waals surface area contributed by atoms with Crippen LogP contribution >= 0.6 is 11.8 Å². The summed E-state index contributed by atoms with van der Waals surface area (Å²) >= 11 is 1.51. The van der Waals surface area contributed by atoms with Crippen LogP contribution in [-0.2, 0) is 28.8 Å². The van der Waals surface area contributed by atoms with E-state index in [1.807, 2.05) is 34.0 Å². The van der Waals surface area contributed by atoms with Gasteiger partial charge in [-0.05, 0) is 75.3 Å². The van der Waals surface area contributed by atoms with E-state index in [0.29, 0.717) is 50.9 Å². The lowest BCUT2D eigenvalue weighted by Gasteiger charge is -2.30. The SMILES string of the molecule is CC(=O)O.CSCCC(NC(=O)C1CCCN1C(=O)C(N)C(C)C)C(=O)NC(CC(C)C)C(=O)NC(CCCCN)C(=O)O. The first-order chi connectivity index (χ1) is 20.6. The zero-order valence-electron chi connectivity index (χ0n) is 27.0. The Morgan fingerprint density at radius 3 is 1.98 bits per heavy atom. The number of hydrogen-bond donors (Lipinski definition) is 7. The second-order valence-corrected chi connectivity index (χ2v) is 12.7. The summed E-state index contributed by atoms with van der Waals surface area (Å²) in [5, 5.41) is 25.1. The molecule has 1 fully saturated rings. The van der Waals surface area contributed by atoms with Crippen molar-refractivity contribution in [2.24, 2.45) is 23.3 Å². The standard InChI is InChI=1S/C27H50N6O6S.C2H4O2/c1-16(2)15-20(24(35)31-19(27(38)39)9-6-7-12-28)32-23(34)18(11-14-40-5)30-25(36)21-10-8-13-33(21)26(37)22(29)17(3)4;1-2(3)4/h16-22H,6-15,28-29H2,1-5H3,(H,30,36)(H,31,35)(H,32,34)(H,38,39);1H3,(H,3,4). The lowest BCUT2D eigenvalue weighted by atomic mass is 10.0. The molecule has 0 aromatic carbocycles. The van der Waals surface area contributed by atoms with E-state index >= 15 is 0 Å². The van der Waals surface area contributed by atoms with E-state index in [4.69, 9.17) is 21.4 Å². The molecule has 1 aliphatic heterocycles. The molecule has 1 aliphatic rings. The molecule has 1 rings (SSSR count). The van der Waals surface area contributed by atoms with Crippen LogP contribution in [0.1, 0.15) is 79.6 Å². The summed E-state index contributed by atoms with van der Waals surface area (Å²) in [5.41, 5.74) is 11.6. The number of carbonyl (C=O) groups excluding carboxylic acids is 4. The molecule has 0 aromatic rings. The maximum Gasteiger partial charge on any atom is 0.326 e. The zero-order chi connectivity index (χ0) is 34.0. The van der Waals surface area contributed by atoms with Crippen molar-refractivity contribution in [1.82, 2.24) is 20.9 Å². The lowest BCUT2D eigenvalue weighted by Crippen LogP contribution is -2.58. The number of thioether (sulfide) groups is 1. The summed E-state index contributed by atoms with van der Waals surface area (Å²) in [4.78, 5) is 74.9. The number of nitrogens with one attached hydrogen (secondary N) is 3. The smallest absolute Gasteiger partial charge is 0.326 e. The normalized spacial score (nSPS) is 17.1. The zero-order valence-corrected chi connectivity index (χ0v) is 27.8. The number of hydrogen-bond acceptors (Lipinski definition) is 9. The van der Waals surface area contributed by atoms with Crippen LogP contribution < -0.4 is 27.4 Å². The number of aliphatic carboxylic acids is 2. The number of nitrogens with zero attached hydrogens (tertiary/aromatic N) is 1. The number of amides is 4. The van der Waals surface area contributed by atoms with Crippen LogP contribution in [0.2, 0.25) is 0 Å². The van der Waals surface area contributed by atoms with Gasteiger partial charge in [-0.25, -0.2) is 4.79 Å². The highest BCUT2D eigenvalue weighted by Crippen LogP contribution is 2.20. The number of unbranched alkanes of at least 4 members (excludes halogenated alkanes) is 1. The predicted octanol–water partition coefficient (Wildman–Crippen LogP) is 0.519. The van der Waals surface area contributed by atoms with Gasteiger partial charge in [-0.2, -0.15) is 11.8 Å². The fraction of sp³-hybridized carbons (Fsp3) is 0.793. The molecule has 5 atom stereocenters. The largest absolute Gasteiger partial charge is 0.481 e. The Bertz CT molecular complexity index is 947. The van der Waals surface area contributed by atoms with Crippen molar-refractivity contribution < 1.29 is 39.0 Å². The monoisotopic (exact) mass is 646 g/mol. The summed E-state index contributed by atoms with van der Waals surface area (Å²) in [6.07, 6.45) is 5.01. The van der Waals surface area contributed by atoms with Crippen LogP contribution in [-0.4, -0.2) is 106 Å². The van der Waals surface area contributed by atoms with E-state index in [1.54, 1.807) is 0 Å². The second-order valence-electron chi connectivity index (χ2n) is 11.7. The number of likely N-dealkylation sites (tertiary alicyclic amines) is 1. The highest BCUT2D eigenvalue weighted by atomic mass is 32.2. The van der Waals surface area contributed by atoms with Crippen molar-refractivity contribution >= 4 is 47.3 Å². The van der Waals surface area contributed by atoms with E-state index in [2.05, 4.69) is 16.0 Å². The first-order valence-corrected chi connectivity index (χ1v) is 16.5. The van der Waals surface area contributed by atoms with Crippen LogP contribution in [0.4, 0.5) is 0 Å². The van der Waals surface area contributed by atoms with Gasteiger partial charge in [-0.15, -0.1) is 0 Å². The third-order valence-corrected chi connectivity index (χ3v) is 7.63. The van der Waals surface area contributed by atoms with Crippen molar-refractivity contribution in [3.8, 4) is 0 Å². The Labute approximate surface area is 265 Å². The number of carboxylic acid groups (broad SMARTS) is 2. The molecule has 0 bridgehead atoms. The first kappa shape index (κ1) is 41.1. The number of carbonyl (C=O) groups is 6. The van der Waals surface area contributed by atoms with Crippen molar-refractivity contribution in [3.05, 3.63) is 0 Å². The maximum atomic E-state index is 13.4. The molecule has 0 aromatic heterocycles. The summed E-state index contributed by atoms with van der Waals surface area (Å²) in [7, 11) is 0. The summed E-state index contributed by atoms with van der Waals surface area (Å²) in [6, 6.07) is -4.45.